The highest BCUT2D eigenvalue weighted by Gasteiger charge is 2.23. The molecule has 0 bridgehead atoms. The topological polar surface area (TPSA) is 37.6 Å². The quantitative estimate of drug-likeness (QED) is 0.729. The van der Waals surface area contributed by atoms with Crippen LogP contribution in [0.3, 0.4) is 0 Å². The van der Waals surface area contributed by atoms with Gasteiger partial charge in [-0.2, -0.15) is 0 Å². The van der Waals surface area contributed by atoms with Crippen LogP contribution in [-0.4, -0.2) is 33.3 Å². The first-order chi connectivity index (χ1) is 10.7. The lowest BCUT2D eigenvalue weighted by Gasteiger charge is -2.15. The number of hydrogen-bond acceptors (Lipinski definition) is 3. The Hall–Kier alpha value is -2.40. The molecule has 0 saturated heterocycles. The van der Waals surface area contributed by atoms with Crippen LogP contribution in [0.25, 0.3) is 10.5 Å². The number of hydrogen-bond donors (Lipinski definition) is 0. The third-order valence-corrected chi connectivity index (χ3v) is 4.82. The predicted molar refractivity (Wildman–Crippen MR) is 88.1 cm³/mol. The van der Waals surface area contributed by atoms with Crippen molar-refractivity contribution in [3.8, 4) is 0 Å². The van der Waals surface area contributed by atoms with Gasteiger partial charge >= 0.3 is 0 Å². The average Bonchev–Trinajstić information content (AvgIpc) is 3.21. The second-order valence-electron chi connectivity index (χ2n) is 5.45. The van der Waals surface area contributed by atoms with E-state index in [4.69, 9.17) is 0 Å². The summed E-state index contributed by atoms with van der Waals surface area (Å²) >= 11 is 1.45. The normalized spacial score (nSPS) is 14.6. The number of thiazole rings is 1. The van der Waals surface area contributed by atoms with Crippen molar-refractivity contribution in [1.82, 2.24) is 14.3 Å². The van der Waals surface area contributed by atoms with Gasteiger partial charge in [0.15, 0.2) is 4.96 Å². The van der Waals surface area contributed by atoms with E-state index in [2.05, 4.69) is 23.2 Å². The second kappa shape index (κ2) is 5.10. The van der Waals surface area contributed by atoms with Crippen molar-refractivity contribution in [3.63, 3.8) is 0 Å². The summed E-state index contributed by atoms with van der Waals surface area (Å²) in [4.78, 5) is 20.5. The SMILES string of the molecule is Cc1cn2cc(C(=O)N3CC=C(c4ccccc4)C3)sc2n1. The maximum atomic E-state index is 12.6. The molecule has 0 unspecified atom stereocenters. The van der Waals surface area contributed by atoms with E-state index in [1.54, 1.807) is 0 Å². The zero-order chi connectivity index (χ0) is 15.1. The predicted octanol–water partition coefficient (Wildman–Crippen LogP) is 3.24. The number of aryl methyl sites for hydroxylation is 1. The smallest absolute Gasteiger partial charge is 0.266 e. The Morgan fingerprint density at radius 1 is 1.23 bits per heavy atom. The number of nitrogens with zero attached hydrogens (tertiary/aromatic N) is 3. The number of aromatic nitrogens is 2. The van der Waals surface area contributed by atoms with Crippen LogP contribution < -0.4 is 0 Å². The third-order valence-electron chi connectivity index (χ3n) is 3.84. The Kier molecular flexibility index (Phi) is 3.08. The molecule has 0 aliphatic carbocycles. The van der Waals surface area contributed by atoms with Crippen LogP contribution in [0.2, 0.25) is 0 Å². The van der Waals surface area contributed by atoms with Crippen LogP contribution in [-0.2, 0) is 0 Å². The number of carbonyl (C=O) groups is 1. The first-order valence-electron chi connectivity index (χ1n) is 7.19. The number of fused-ring (bicyclic) bond motifs is 1. The van der Waals surface area contributed by atoms with E-state index >= 15 is 0 Å². The first kappa shape index (κ1) is 13.3. The number of imidazole rings is 1. The first-order valence-corrected chi connectivity index (χ1v) is 8.01. The maximum Gasteiger partial charge on any atom is 0.266 e. The fourth-order valence-electron chi connectivity index (χ4n) is 2.74. The largest absolute Gasteiger partial charge is 0.330 e. The Balaban J connectivity index is 1.53. The van der Waals surface area contributed by atoms with E-state index in [1.165, 1.54) is 22.5 Å². The summed E-state index contributed by atoms with van der Waals surface area (Å²) in [6, 6.07) is 10.2. The minimum absolute atomic E-state index is 0.0790. The van der Waals surface area contributed by atoms with Crippen molar-refractivity contribution in [3.05, 3.63) is 64.9 Å². The molecule has 1 aliphatic rings. The van der Waals surface area contributed by atoms with Gasteiger partial charge in [-0.1, -0.05) is 47.7 Å². The molecular formula is C17H15N3OS. The molecule has 22 heavy (non-hydrogen) atoms. The van der Waals surface area contributed by atoms with Crippen LogP contribution in [0.5, 0.6) is 0 Å². The van der Waals surface area contributed by atoms with Gasteiger partial charge < -0.3 is 4.90 Å². The van der Waals surface area contributed by atoms with Crippen LogP contribution in [0.4, 0.5) is 0 Å². The highest BCUT2D eigenvalue weighted by atomic mass is 32.1. The summed E-state index contributed by atoms with van der Waals surface area (Å²) in [6.07, 6.45) is 5.96. The van der Waals surface area contributed by atoms with E-state index in [0.29, 0.717) is 13.1 Å². The van der Waals surface area contributed by atoms with E-state index < -0.39 is 0 Å². The molecule has 4 nitrogen and oxygen atoms in total. The molecule has 3 aromatic rings. The van der Waals surface area contributed by atoms with Gasteiger partial charge in [0.2, 0.25) is 0 Å². The van der Waals surface area contributed by atoms with Crippen molar-refractivity contribution in [2.45, 2.75) is 6.92 Å². The van der Waals surface area contributed by atoms with Gasteiger partial charge in [-0.3, -0.25) is 9.20 Å². The Morgan fingerprint density at radius 2 is 2.05 bits per heavy atom. The van der Waals surface area contributed by atoms with E-state index in [9.17, 15) is 4.79 Å². The standard InChI is InChI=1S/C17H15N3OS/c1-12-9-20-11-15(22-17(20)18-12)16(21)19-8-7-14(10-19)13-5-3-2-4-6-13/h2-7,9,11H,8,10H2,1H3. The zero-order valence-corrected chi connectivity index (χ0v) is 13.0. The van der Waals surface area contributed by atoms with E-state index in [0.717, 1.165) is 15.5 Å². The highest BCUT2D eigenvalue weighted by Crippen LogP contribution is 2.25. The molecule has 1 aliphatic heterocycles. The lowest BCUT2D eigenvalue weighted by molar-refractivity contribution is 0.0806. The maximum absolute atomic E-state index is 12.6. The fourth-order valence-corrected chi connectivity index (χ4v) is 3.72. The van der Waals surface area contributed by atoms with Gasteiger partial charge in [0.1, 0.15) is 4.88 Å². The zero-order valence-electron chi connectivity index (χ0n) is 12.2. The molecule has 3 heterocycles. The average molecular weight is 309 g/mol. The summed E-state index contributed by atoms with van der Waals surface area (Å²) in [5.41, 5.74) is 3.37. The molecule has 1 amide bonds. The summed E-state index contributed by atoms with van der Waals surface area (Å²) in [6.45, 7) is 3.29. The minimum atomic E-state index is 0.0790. The Labute approximate surface area is 132 Å². The number of rotatable bonds is 2. The summed E-state index contributed by atoms with van der Waals surface area (Å²) in [5.74, 6) is 0.0790. The van der Waals surface area contributed by atoms with Gasteiger partial charge in [-0.15, -0.1) is 0 Å². The molecular weight excluding hydrogens is 294 g/mol. The molecule has 0 spiro atoms. The van der Waals surface area contributed by atoms with Crippen LogP contribution in [0.15, 0.2) is 48.8 Å². The van der Waals surface area contributed by atoms with Crippen molar-refractivity contribution in [2.24, 2.45) is 0 Å². The second-order valence-corrected chi connectivity index (χ2v) is 6.46. The van der Waals surface area contributed by atoms with Crippen LogP contribution >= 0.6 is 11.3 Å². The molecule has 2 aromatic heterocycles. The van der Waals surface area contributed by atoms with Gasteiger partial charge in [-0.05, 0) is 18.1 Å². The molecule has 0 saturated carbocycles. The molecule has 0 atom stereocenters. The lowest BCUT2D eigenvalue weighted by atomic mass is 10.1. The summed E-state index contributed by atoms with van der Waals surface area (Å²) in [5, 5.41) is 0. The van der Waals surface area contributed by atoms with Crippen molar-refractivity contribution in [2.75, 3.05) is 13.1 Å². The fraction of sp³-hybridized carbons (Fsp3) is 0.176. The van der Waals surface area contributed by atoms with E-state index in [1.807, 2.05) is 46.8 Å². The molecule has 0 fully saturated rings. The molecule has 1 aromatic carbocycles. The van der Waals surface area contributed by atoms with Gasteiger partial charge in [-0.25, -0.2) is 4.98 Å². The number of carbonyl (C=O) groups excluding carboxylic acids is 1. The third kappa shape index (κ3) is 2.23. The van der Waals surface area contributed by atoms with Gasteiger partial charge in [0.25, 0.3) is 5.91 Å². The molecule has 0 N–H and O–H groups in total. The molecule has 110 valence electrons. The lowest BCUT2D eigenvalue weighted by Crippen LogP contribution is -2.28. The van der Waals surface area contributed by atoms with Crippen molar-refractivity contribution < 1.29 is 4.79 Å². The molecule has 4 rings (SSSR count). The summed E-state index contributed by atoms with van der Waals surface area (Å²) < 4.78 is 1.93. The molecule has 5 heteroatoms. The number of amides is 1. The Morgan fingerprint density at radius 3 is 2.82 bits per heavy atom. The monoisotopic (exact) mass is 309 g/mol. The summed E-state index contributed by atoms with van der Waals surface area (Å²) in [7, 11) is 0. The van der Waals surface area contributed by atoms with Gasteiger partial charge in [0.05, 0.1) is 5.69 Å². The minimum Gasteiger partial charge on any atom is -0.330 e. The van der Waals surface area contributed by atoms with Crippen molar-refractivity contribution in [1.29, 1.82) is 0 Å². The van der Waals surface area contributed by atoms with Crippen LogP contribution in [0.1, 0.15) is 20.9 Å². The molecule has 0 radical (unpaired) electrons. The number of benzene rings is 1. The van der Waals surface area contributed by atoms with Crippen LogP contribution in [0, 0.1) is 6.92 Å². The van der Waals surface area contributed by atoms with Gasteiger partial charge in [0, 0.05) is 25.5 Å². The van der Waals surface area contributed by atoms with E-state index in [-0.39, 0.29) is 5.91 Å². The Bertz CT molecular complexity index is 844. The van der Waals surface area contributed by atoms with Crippen molar-refractivity contribution >= 4 is 27.8 Å². The highest BCUT2D eigenvalue weighted by molar-refractivity contribution is 7.18.